The summed E-state index contributed by atoms with van der Waals surface area (Å²) in [5.74, 6) is 1.37. The predicted octanol–water partition coefficient (Wildman–Crippen LogP) is 3.40. The van der Waals surface area contributed by atoms with E-state index in [1.807, 2.05) is 42.5 Å². The molecule has 0 radical (unpaired) electrons. The maximum absolute atomic E-state index is 5.87. The summed E-state index contributed by atoms with van der Waals surface area (Å²) < 4.78 is 0. The summed E-state index contributed by atoms with van der Waals surface area (Å²) in [4.78, 5) is 13.5. The largest absolute Gasteiger partial charge is 0.384 e. The molecule has 0 fully saturated rings. The van der Waals surface area contributed by atoms with Gasteiger partial charge in [-0.05, 0) is 18.1 Å². The number of nitrogens with two attached hydrogens (primary N) is 1. The minimum Gasteiger partial charge on any atom is -0.384 e. The predicted molar refractivity (Wildman–Crippen MR) is 81.3 cm³/mol. The molecule has 0 aliphatic rings. The van der Waals surface area contributed by atoms with Gasteiger partial charge in [-0.25, -0.2) is 15.0 Å². The summed E-state index contributed by atoms with van der Waals surface area (Å²) in [5, 5.41) is 1.10. The van der Waals surface area contributed by atoms with Gasteiger partial charge in [-0.15, -0.1) is 0 Å². The third-order valence-electron chi connectivity index (χ3n) is 3.18. The Morgan fingerprint density at radius 1 is 0.950 bits per heavy atom. The summed E-state index contributed by atoms with van der Waals surface area (Å²) in [7, 11) is 0. The van der Waals surface area contributed by atoms with Crippen LogP contribution in [0.5, 0.6) is 0 Å². The van der Waals surface area contributed by atoms with Crippen molar-refractivity contribution in [3.8, 4) is 11.5 Å². The van der Waals surface area contributed by atoms with E-state index in [-0.39, 0.29) is 0 Å². The van der Waals surface area contributed by atoms with Crippen molar-refractivity contribution < 1.29 is 0 Å². The van der Waals surface area contributed by atoms with Crippen LogP contribution in [-0.2, 0) is 0 Å². The van der Waals surface area contributed by atoms with Crippen molar-refractivity contribution in [2.24, 2.45) is 0 Å². The van der Waals surface area contributed by atoms with Crippen LogP contribution < -0.4 is 5.73 Å². The van der Waals surface area contributed by atoms with Crippen LogP contribution >= 0.6 is 0 Å². The van der Waals surface area contributed by atoms with Gasteiger partial charge in [0, 0.05) is 17.1 Å². The van der Waals surface area contributed by atoms with Crippen molar-refractivity contribution in [2.75, 3.05) is 5.73 Å². The summed E-state index contributed by atoms with van der Waals surface area (Å²) in [5.41, 5.74) is 8.48. The fourth-order valence-electron chi connectivity index (χ4n) is 2.09. The van der Waals surface area contributed by atoms with Crippen LogP contribution in [-0.4, -0.2) is 15.0 Å². The van der Waals surface area contributed by atoms with Crippen molar-refractivity contribution >= 4 is 16.7 Å². The average Bonchev–Trinajstić information content (AvgIpc) is 2.46. The van der Waals surface area contributed by atoms with Gasteiger partial charge in [0.05, 0.1) is 5.52 Å². The lowest BCUT2D eigenvalue weighted by molar-refractivity contribution is 0.817. The Bertz CT molecular complexity index is 765. The second kappa shape index (κ2) is 4.89. The van der Waals surface area contributed by atoms with Crippen LogP contribution in [0.2, 0.25) is 0 Å². The molecule has 0 amide bonds. The number of hydrogen-bond donors (Lipinski definition) is 1. The van der Waals surface area contributed by atoms with Gasteiger partial charge in [0.1, 0.15) is 11.5 Å². The van der Waals surface area contributed by atoms with Crippen LogP contribution in [0.25, 0.3) is 22.4 Å². The molecular weight excluding hydrogens is 248 g/mol. The molecule has 0 aliphatic carbocycles. The monoisotopic (exact) mass is 264 g/mol. The summed E-state index contributed by atoms with van der Waals surface area (Å²) in [6, 6.07) is 13.8. The number of fused-ring (bicyclic) bond motifs is 1. The molecule has 2 N–H and O–H groups in total. The number of aromatic nitrogens is 3. The van der Waals surface area contributed by atoms with Crippen molar-refractivity contribution in [3.05, 3.63) is 48.2 Å². The van der Waals surface area contributed by atoms with Crippen molar-refractivity contribution in [3.63, 3.8) is 0 Å². The molecule has 20 heavy (non-hydrogen) atoms. The first-order chi connectivity index (χ1) is 9.63. The zero-order valence-electron chi connectivity index (χ0n) is 11.5. The highest BCUT2D eigenvalue weighted by Crippen LogP contribution is 2.21. The Kier molecular flexibility index (Phi) is 3.06. The Labute approximate surface area is 117 Å². The van der Waals surface area contributed by atoms with Gasteiger partial charge in [-0.3, -0.25) is 0 Å². The molecule has 1 aromatic carbocycles. The molecule has 100 valence electrons. The molecule has 0 bridgehead atoms. The van der Waals surface area contributed by atoms with E-state index in [0.717, 1.165) is 22.3 Å². The van der Waals surface area contributed by atoms with Crippen LogP contribution in [0.1, 0.15) is 25.5 Å². The topological polar surface area (TPSA) is 64.7 Å². The van der Waals surface area contributed by atoms with E-state index in [1.54, 1.807) is 0 Å². The Hall–Kier alpha value is -2.49. The fraction of sp³-hybridized carbons (Fsp3) is 0.188. The molecule has 0 aliphatic heterocycles. The maximum atomic E-state index is 5.87. The second-order valence-corrected chi connectivity index (χ2v) is 5.09. The number of rotatable bonds is 2. The smallest absolute Gasteiger partial charge is 0.180 e. The van der Waals surface area contributed by atoms with Crippen molar-refractivity contribution in [2.45, 2.75) is 19.8 Å². The van der Waals surface area contributed by atoms with Crippen LogP contribution in [0.4, 0.5) is 5.82 Å². The van der Waals surface area contributed by atoms with Gasteiger partial charge >= 0.3 is 0 Å². The average molecular weight is 264 g/mol. The molecule has 0 atom stereocenters. The second-order valence-electron chi connectivity index (χ2n) is 5.09. The van der Waals surface area contributed by atoms with Gasteiger partial charge in [0.2, 0.25) is 0 Å². The third kappa shape index (κ3) is 2.32. The number of benzene rings is 1. The number of hydrogen-bond acceptors (Lipinski definition) is 4. The van der Waals surface area contributed by atoms with Gasteiger partial charge in [-0.1, -0.05) is 38.1 Å². The van der Waals surface area contributed by atoms with Crippen LogP contribution in [0.3, 0.4) is 0 Å². The number of nitrogen functional groups attached to an aromatic ring is 1. The molecular formula is C16H16N4. The highest BCUT2D eigenvalue weighted by Gasteiger charge is 2.09. The molecule has 0 saturated heterocycles. The van der Waals surface area contributed by atoms with Crippen LogP contribution in [0, 0.1) is 0 Å². The molecule has 2 aromatic heterocycles. The first kappa shape index (κ1) is 12.5. The van der Waals surface area contributed by atoms with E-state index in [4.69, 9.17) is 5.73 Å². The zero-order valence-corrected chi connectivity index (χ0v) is 11.5. The molecule has 4 heteroatoms. The van der Waals surface area contributed by atoms with E-state index >= 15 is 0 Å². The third-order valence-corrected chi connectivity index (χ3v) is 3.18. The lowest BCUT2D eigenvalue weighted by Gasteiger charge is -2.08. The molecule has 4 nitrogen and oxygen atoms in total. The molecule has 0 unspecified atom stereocenters. The number of para-hydroxylation sites is 1. The molecule has 3 aromatic rings. The summed E-state index contributed by atoms with van der Waals surface area (Å²) in [6.45, 7) is 4.17. The van der Waals surface area contributed by atoms with Crippen molar-refractivity contribution in [1.29, 1.82) is 0 Å². The van der Waals surface area contributed by atoms with E-state index in [2.05, 4.69) is 28.8 Å². The minimum atomic E-state index is 0.305. The SMILES string of the molecule is CC(C)c1cc(N)nc(-c2ccc3ccccc3n2)n1. The van der Waals surface area contributed by atoms with Gasteiger partial charge in [-0.2, -0.15) is 0 Å². The number of nitrogens with zero attached hydrogens (tertiary/aromatic N) is 3. The lowest BCUT2D eigenvalue weighted by atomic mass is 10.1. The van der Waals surface area contributed by atoms with E-state index in [1.165, 1.54) is 0 Å². The fourth-order valence-corrected chi connectivity index (χ4v) is 2.09. The van der Waals surface area contributed by atoms with Crippen LogP contribution in [0.15, 0.2) is 42.5 Å². The quantitative estimate of drug-likeness (QED) is 0.770. The first-order valence-electron chi connectivity index (χ1n) is 6.64. The van der Waals surface area contributed by atoms with E-state index < -0.39 is 0 Å². The molecule has 0 spiro atoms. The zero-order chi connectivity index (χ0) is 14.1. The standard InChI is InChI=1S/C16H16N4/c1-10(2)14-9-15(17)20-16(19-14)13-8-7-11-5-3-4-6-12(11)18-13/h3-10H,1-2H3,(H2,17,19,20). The Morgan fingerprint density at radius 3 is 2.55 bits per heavy atom. The highest BCUT2D eigenvalue weighted by atomic mass is 15.0. The van der Waals surface area contributed by atoms with Gasteiger partial charge < -0.3 is 5.73 Å². The Balaban J connectivity index is 2.15. The molecule has 3 rings (SSSR count). The normalized spacial score (nSPS) is 11.2. The van der Waals surface area contributed by atoms with Gasteiger partial charge in [0.15, 0.2) is 5.82 Å². The Morgan fingerprint density at radius 2 is 1.75 bits per heavy atom. The van der Waals surface area contributed by atoms with E-state index in [0.29, 0.717) is 17.6 Å². The lowest BCUT2D eigenvalue weighted by Crippen LogP contribution is -2.02. The van der Waals surface area contributed by atoms with Crippen molar-refractivity contribution in [1.82, 2.24) is 15.0 Å². The maximum Gasteiger partial charge on any atom is 0.180 e. The molecule has 0 saturated carbocycles. The minimum absolute atomic E-state index is 0.305. The van der Waals surface area contributed by atoms with Gasteiger partial charge in [0.25, 0.3) is 0 Å². The molecule has 2 heterocycles. The summed E-state index contributed by atoms with van der Waals surface area (Å²) in [6.07, 6.45) is 0. The first-order valence-corrected chi connectivity index (χ1v) is 6.64. The number of anilines is 1. The van der Waals surface area contributed by atoms with E-state index in [9.17, 15) is 0 Å². The number of pyridine rings is 1. The summed E-state index contributed by atoms with van der Waals surface area (Å²) >= 11 is 0. The highest BCUT2D eigenvalue weighted by molar-refractivity contribution is 5.80.